The molecule has 0 spiro atoms. The molecule has 1 aliphatic heterocycles. The highest BCUT2D eigenvalue weighted by Crippen LogP contribution is 2.39. The summed E-state index contributed by atoms with van der Waals surface area (Å²) in [5, 5.41) is 2.54. The molecule has 2 aliphatic rings. The Kier molecular flexibility index (Phi) is 4.01. The summed E-state index contributed by atoms with van der Waals surface area (Å²) in [5.74, 6) is -1.03. The number of urea groups is 1. The molecule has 2 heterocycles. The Bertz CT molecular complexity index is 874. The zero-order valence-electron chi connectivity index (χ0n) is 13.4. The van der Waals surface area contributed by atoms with Crippen LogP contribution in [0.3, 0.4) is 0 Å². The van der Waals surface area contributed by atoms with Gasteiger partial charge in [-0.05, 0) is 35.6 Å². The Morgan fingerprint density at radius 1 is 1.20 bits per heavy atom. The molecule has 1 fully saturated rings. The van der Waals surface area contributed by atoms with Crippen molar-refractivity contribution in [3.8, 4) is 10.4 Å². The number of rotatable bonds is 3. The number of hydrogen-bond acceptors (Lipinski definition) is 5. The fourth-order valence-corrected chi connectivity index (χ4v) is 4.32. The third kappa shape index (κ3) is 2.91. The van der Waals surface area contributed by atoms with E-state index in [2.05, 4.69) is 17.4 Å². The quantitative estimate of drug-likeness (QED) is 0.856. The summed E-state index contributed by atoms with van der Waals surface area (Å²) in [6, 6.07) is 9.59. The van der Waals surface area contributed by atoms with Gasteiger partial charge in [-0.3, -0.25) is 9.69 Å². The molecule has 7 heteroatoms. The number of benzene rings is 1. The van der Waals surface area contributed by atoms with Gasteiger partial charge in [-0.25, -0.2) is 9.59 Å². The smallest absolute Gasteiger partial charge is 0.348 e. The van der Waals surface area contributed by atoms with Crippen molar-refractivity contribution in [2.75, 3.05) is 19.7 Å². The Hall–Kier alpha value is -2.67. The monoisotopic (exact) mass is 356 g/mol. The van der Waals surface area contributed by atoms with E-state index in [4.69, 9.17) is 4.74 Å². The van der Waals surface area contributed by atoms with Gasteiger partial charge in [0.2, 0.25) is 0 Å². The highest BCUT2D eigenvalue weighted by molar-refractivity contribution is 7.17. The molecule has 128 valence electrons. The highest BCUT2D eigenvalue weighted by atomic mass is 32.1. The van der Waals surface area contributed by atoms with E-state index in [-0.39, 0.29) is 0 Å². The molecule has 4 rings (SSSR count). The van der Waals surface area contributed by atoms with Crippen molar-refractivity contribution in [2.45, 2.75) is 12.8 Å². The van der Waals surface area contributed by atoms with Crippen LogP contribution in [0.15, 0.2) is 30.3 Å². The number of aryl methyl sites for hydroxylation is 2. The van der Waals surface area contributed by atoms with Crippen LogP contribution in [0.1, 0.15) is 20.8 Å². The molecular weight excluding hydrogens is 340 g/mol. The number of imide groups is 1. The number of carbonyl (C=O) groups excluding carboxylic acids is 3. The molecule has 1 aliphatic carbocycles. The lowest BCUT2D eigenvalue weighted by atomic mass is 9.91. The van der Waals surface area contributed by atoms with Crippen molar-refractivity contribution in [2.24, 2.45) is 0 Å². The summed E-state index contributed by atoms with van der Waals surface area (Å²) in [4.78, 5) is 38.3. The molecule has 1 saturated heterocycles. The van der Waals surface area contributed by atoms with Crippen LogP contribution < -0.4 is 5.32 Å². The topological polar surface area (TPSA) is 75.7 Å². The van der Waals surface area contributed by atoms with Crippen LogP contribution in [0.25, 0.3) is 10.4 Å². The van der Waals surface area contributed by atoms with E-state index in [0.717, 1.165) is 33.7 Å². The number of ether oxygens (including phenoxy) is 1. The molecule has 1 aromatic carbocycles. The van der Waals surface area contributed by atoms with E-state index >= 15 is 0 Å². The first-order chi connectivity index (χ1) is 12.1. The van der Waals surface area contributed by atoms with E-state index < -0.39 is 24.5 Å². The molecule has 0 radical (unpaired) electrons. The summed E-state index contributed by atoms with van der Waals surface area (Å²) in [5.41, 5.74) is 3.59. The first-order valence-electron chi connectivity index (χ1n) is 8.10. The fourth-order valence-electron chi connectivity index (χ4n) is 3.16. The van der Waals surface area contributed by atoms with E-state index in [0.29, 0.717) is 18.0 Å². The van der Waals surface area contributed by atoms with E-state index in [9.17, 15) is 14.4 Å². The van der Waals surface area contributed by atoms with Gasteiger partial charge in [-0.15, -0.1) is 11.3 Å². The lowest BCUT2D eigenvalue weighted by Gasteiger charge is -2.15. The van der Waals surface area contributed by atoms with Gasteiger partial charge in [-0.2, -0.15) is 0 Å². The number of carbonyl (C=O) groups is 3. The van der Waals surface area contributed by atoms with Gasteiger partial charge in [0, 0.05) is 18.0 Å². The van der Waals surface area contributed by atoms with Gasteiger partial charge in [0.05, 0.1) is 0 Å². The van der Waals surface area contributed by atoms with Crippen LogP contribution in [0.2, 0.25) is 0 Å². The van der Waals surface area contributed by atoms with Gasteiger partial charge >= 0.3 is 12.0 Å². The SMILES string of the molecule is O=C(OCC(=O)N1CCNC1=O)c1cc2c(s1)-c1ccccc1CC2. The third-order valence-electron chi connectivity index (χ3n) is 4.42. The van der Waals surface area contributed by atoms with Crippen molar-refractivity contribution < 1.29 is 19.1 Å². The summed E-state index contributed by atoms with van der Waals surface area (Å²) >= 11 is 1.39. The summed E-state index contributed by atoms with van der Waals surface area (Å²) in [6.45, 7) is 0.306. The number of nitrogens with one attached hydrogen (secondary N) is 1. The largest absolute Gasteiger partial charge is 0.451 e. The summed E-state index contributed by atoms with van der Waals surface area (Å²) in [6.07, 6.45) is 1.85. The lowest BCUT2D eigenvalue weighted by molar-refractivity contribution is -0.130. The predicted molar refractivity (Wildman–Crippen MR) is 92.6 cm³/mol. The Labute approximate surface area is 148 Å². The maximum atomic E-state index is 12.3. The van der Waals surface area contributed by atoms with Gasteiger partial charge in [-0.1, -0.05) is 24.3 Å². The second kappa shape index (κ2) is 6.33. The van der Waals surface area contributed by atoms with Crippen LogP contribution >= 0.6 is 11.3 Å². The normalized spacial score (nSPS) is 15.4. The first-order valence-corrected chi connectivity index (χ1v) is 8.91. The zero-order valence-corrected chi connectivity index (χ0v) is 14.2. The third-order valence-corrected chi connectivity index (χ3v) is 5.61. The predicted octanol–water partition coefficient (Wildman–Crippen LogP) is 2.22. The zero-order chi connectivity index (χ0) is 17.4. The fraction of sp³-hybridized carbons (Fsp3) is 0.278. The molecule has 0 unspecified atom stereocenters. The van der Waals surface area contributed by atoms with Crippen LogP contribution in [-0.2, 0) is 22.4 Å². The van der Waals surface area contributed by atoms with Crippen LogP contribution in [0.5, 0.6) is 0 Å². The average Bonchev–Trinajstić information content (AvgIpc) is 3.25. The second-order valence-corrected chi connectivity index (χ2v) is 7.03. The van der Waals surface area contributed by atoms with E-state index in [1.165, 1.54) is 16.9 Å². The molecule has 3 amide bonds. The molecule has 1 N–H and O–H groups in total. The number of hydrogen-bond donors (Lipinski definition) is 1. The molecule has 0 atom stereocenters. The maximum Gasteiger partial charge on any atom is 0.348 e. The average molecular weight is 356 g/mol. The second-order valence-electron chi connectivity index (χ2n) is 5.98. The summed E-state index contributed by atoms with van der Waals surface area (Å²) in [7, 11) is 0. The van der Waals surface area contributed by atoms with Gasteiger partial charge < -0.3 is 10.1 Å². The first kappa shape index (κ1) is 15.8. The van der Waals surface area contributed by atoms with Crippen LogP contribution in [0.4, 0.5) is 4.79 Å². The van der Waals surface area contributed by atoms with Crippen molar-refractivity contribution >= 4 is 29.2 Å². The molecule has 6 nitrogen and oxygen atoms in total. The molecular formula is C18H16N2O4S. The van der Waals surface area contributed by atoms with Crippen LogP contribution in [-0.4, -0.2) is 42.5 Å². The minimum absolute atomic E-state index is 0.305. The summed E-state index contributed by atoms with van der Waals surface area (Å²) < 4.78 is 5.12. The van der Waals surface area contributed by atoms with Crippen molar-refractivity contribution in [1.82, 2.24) is 10.2 Å². The highest BCUT2D eigenvalue weighted by Gasteiger charge is 2.27. The minimum Gasteiger partial charge on any atom is -0.451 e. The Morgan fingerprint density at radius 3 is 2.80 bits per heavy atom. The number of esters is 1. The Balaban J connectivity index is 1.46. The van der Waals surface area contributed by atoms with Crippen molar-refractivity contribution in [3.05, 3.63) is 46.3 Å². The lowest BCUT2D eigenvalue weighted by Crippen LogP contribution is -2.37. The van der Waals surface area contributed by atoms with Crippen LogP contribution in [0, 0.1) is 0 Å². The van der Waals surface area contributed by atoms with E-state index in [1.54, 1.807) is 0 Å². The standard InChI is InChI=1S/C18H16N2O4S/c21-15(20-8-7-19-18(20)23)10-24-17(22)14-9-12-6-5-11-3-1-2-4-13(11)16(12)25-14/h1-4,9H,5-8,10H2,(H,19,23). The van der Waals surface area contributed by atoms with Gasteiger partial charge in [0.15, 0.2) is 6.61 Å². The van der Waals surface area contributed by atoms with Crippen molar-refractivity contribution in [1.29, 1.82) is 0 Å². The molecule has 1 aromatic heterocycles. The number of nitrogens with zero attached hydrogens (tertiary/aromatic N) is 1. The minimum atomic E-state index is -0.523. The Morgan fingerprint density at radius 2 is 2.00 bits per heavy atom. The van der Waals surface area contributed by atoms with Gasteiger partial charge in [0.25, 0.3) is 5.91 Å². The number of thiophene rings is 1. The van der Waals surface area contributed by atoms with Crippen molar-refractivity contribution in [3.63, 3.8) is 0 Å². The number of fused-ring (bicyclic) bond motifs is 3. The maximum absolute atomic E-state index is 12.3. The molecule has 2 aromatic rings. The molecule has 25 heavy (non-hydrogen) atoms. The molecule has 0 saturated carbocycles. The molecule has 0 bridgehead atoms. The van der Waals surface area contributed by atoms with E-state index in [1.807, 2.05) is 18.2 Å². The van der Waals surface area contributed by atoms with Gasteiger partial charge in [0.1, 0.15) is 4.88 Å². The number of amides is 3.